The van der Waals surface area contributed by atoms with Crippen molar-refractivity contribution in [3.63, 3.8) is 0 Å². The molecule has 0 aromatic carbocycles. The zero-order valence-electron chi connectivity index (χ0n) is 12.2. The lowest BCUT2D eigenvalue weighted by molar-refractivity contribution is -0.142. The Kier molecular flexibility index (Phi) is 4.72. The van der Waals surface area contributed by atoms with E-state index in [1.54, 1.807) is 6.20 Å². The summed E-state index contributed by atoms with van der Waals surface area (Å²) in [6, 6.07) is 3.45. The van der Waals surface area contributed by atoms with Crippen molar-refractivity contribution in [2.45, 2.75) is 12.5 Å². The Bertz CT molecular complexity index is 721. The van der Waals surface area contributed by atoms with Crippen LogP contribution in [0, 0.1) is 0 Å². The quantitative estimate of drug-likeness (QED) is 0.733. The minimum absolute atomic E-state index is 0.158. The van der Waals surface area contributed by atoms with Crippen molar-refractivity contribution in [2.75, 3.05) is 7.11 Å². The molecule has 0 radical (unpaired) electrons. The minimum atomic E-state index is -0.881. The van der Waals surface area contributed by atoms with Crippen LogP contribution in [-0.2, 0) is 23.0 Å². The van der Waals surface area contributed by atoms with Crippen LogP contribution >= 0.6 is 0 Å². The highest BCUT2D eigenvalue weighted by molar-refractivity contribution is 5.95. The molecule has 22 heavy (non-hydrogen) atoms. The molecule has 1 atom stereocenters. The van der Waals surface area contributed by atoms with Gasteiger partial charge < -0.3 is 19.6 Å². The van der Waals surface area contributed by atoms with Crippen molar-refractivity contribution in [3.8, 4) is 0 Å². The van der Waals surface area contributed by atoms with Crippen molar-refractivity contribution in [2.24, 2.45) is 7.05 Å². The van der Waals surface area contributed by atoms with Crippen LogP contribution in [0.4, 0.5) is 0 Å². The fourth-order valence-electron chi connectivity index (χ4n) is 1.98. The molecule has 2 N–H and O–H groups in total. The van der Waals surface area contributed by atoms with E-state index in [1.807, 2.05) is 0 Å². The third kappa shape index (κ3) is 3.40. The van der Waals surface area contributed by atoms with Gasteiger partial charge in [0.2, 0.25) is 0 Å². The molecule has 0 saturated carbocycles. The first-order chi connectivity index (χ1) is 10.5. The topological polar surface area (TPSA) is 106 Å². The van der Waals surface area contributed by atoms with E-state index >= 15 is 0 Å². The fraction of sp³-hybridized carbons (Fsp3) is 0.286. The molecule has 0 aliphatic carbocycles. The Morgan fingerprint density at radius 2 is 2.23 bits per heavy atom. The van der Waals surface area contributed by atoms with E-state index < -0.39 is 17.9 Å². The first-order valence-corrected chi connectivity index (χ1v) is 6.55. The number of H-pyrrole nitrogens is 1. The number of nitrogens with one attached hydrogen (secondary N) is 2. The number of carbonyl (C=O) groups excluding carboxylic acids is 2. The molecule has 8 nitrogen and oxygen atoms in total. The van der Waals surface area contributed by atoms with Crippen LogP contribution in [0.5, 0.6) is 0 Å². The summed E-state index contributed by atoms with van der Waals surface area (Å²) in [7, 11) is 2.73. The van der Waals surface area contributed by atoms with Crippen LogP contribution in [0.3, 0.4) is 0 Å². The third-order valence-corrected chi connectivity index (χ3v) is 3.19. The highest BCUT2D eigenvalue weighted by atomic mass is 16.5. The molecule has 2 heterocycles. The Morgan fingerprint density at radius 1 is 1.45 bits per heavy atom. The summed E-state index contributed by atoms with van der Waals surface area (Å²) >= 11 is 0. The average Bonchev–Trinajstić information content (AvgIpc) is 3.01. The molecule has 0 spiro atoms. The van der Waals surface area contributed by atoms with Crippen molar-refractivity contribution in [1.82, 2.24) is 19.9 Å². The summed E-state index contributed by atoms with van der Waals surface area (Å²) in [4.78, 5) is 42.4. The lowest BCUT2D eigenvalue weighted by atomic mass is 10.1. The number of imidazole rings is 1. The average molecular weight is 304 g/mol. The maximum atomic E-state index is 12.3. The molecule has 116 valence electrons. The lowest BCUT2D eigenvalue weighted by Gasteiger charge is -2.16. The Labute approximate surface area is 126 Å². The summed E-state index contributed by atoms with van der Waals surface area (Å²) in [6.45, 7) is 0. The maximum absolute atomic E-state index is 12.3. The predicted molar refractivity (Wildman–Crippen MR) is 77.2 cm³/mol. The number of hydrogen-bond donors (Lipinski definition) is 2. The first kappa shape index (κ1) is 15.5. The highest BCUT2D eigenvalue weighted by Gasteiger charge is 2.24. The van der Waals surface area contributed by atoms with E-state index in [2.05, 4.69) is 15.3 Å². The van der Waals surface area contributed by atoms with Gasteiger partial charge in [0.1, 0.15) is 11.7 Å². The van der Waals surface area contributed by atoms with Crippen LogP contribution in [0.15, 0.2) is 35.5 Å². The lowest BCUT2D eigenvalue weighted by Crippen LogP contribution is -2.44. The summed E-state index contributed by atoms with van der Waals surface area (Å²) in [5, 5.41) is 2.57. The molecule has 0 aliphatic heterocycles. The van der Waals surface area contributed by atoms with Gasteiger partial charge in [-0.15, -0.1) is 0 Å². The molecule has 8 heteroatoms. The Hall–Kier alpha value is -2.90. The zero-order valence-corrected chi connectivity index (χ0v) is 12.2. The number of aromatic amines is 1. The molecule has 0 fully saturated rings. The number of hydrogen-bond acceptors (Lipinski definition) is 5. The van der Waals surface area contributed by atoms with Crippen molar-refractivity contribution >= 4 is 11.9 Å². The summed E-state index contributed by atoms with van der Waals surface area (Å²) in [5.74, 6) is -1.11. The monoisotopic (exact) mass is 304 g/mol. The molecule has 2 aromatic rings. The maximum Gasteiger partial charge on any atom is 0.328 e. The molecule has 0 aliphatic rings. The highest BCUT2D eigenvalue weighted by Crippen LogP contribution is 2.03. The standard InChI is InChI=1S/C14H16N4O4/c1-18-11(4-3-5-12(18)19)13(20)17-10(14(21)22-2)6-9-7-15-8-16-9/h3-5,7-8,10H,6H2,1-2H3,(H,15,16)(H,17,20)/t10-/m1/s1. The van der Waals surface area contributed by atoms with Gasteiger partial charge in [0.15, 0.2) is 0 Å². The van der Waals surface area contributed by atoms with Gasteiger partial charge in [0.25, 0.3) is 11.5 Å². The Morgan fingerprint density at radius 3 is 2.86 bits per heavy atom. The van der Waals surface area contributed by atoms with Gasteiger partial charge >= 0.3 is 5.97 Å². The number of aromatic nitrogens is 3. The van der Waals surface area contributed by atoms with Gasteiger partial charge in [-0.1, -0.05) is 6.07 Å². The van der Waals surface area contributed by atoms with E-state index in [0.717, 1.165) is 0 Å². The second-order valence-corrected chi connectivity index (χ2v) is 4.64. The number of pyridine rings is 1. The molecule has 2 aromatic heterocycles. The molecular weight excluding hydrogens is 288 g/mol. The number of amides is 1. The third-order valence-electron chi connectivity index (χ3n) is 3.19. The first-order valence-electron chi connectivity index (χ1n) is 6.55. The van der Waals surface area contributed by atoms with E-state index in [-0.39, 0.29) is 17.7 Å². The predicted octanol–water partition coefficient (Wildman–Crippen LogP) is -0.377. The smallest absolute Gasteiger partial charge is 0.328 e. The normalized spacial score (nSPS) is 11.7. The Balaban J connectivity index is 2.19. The molecular formula is C14H16N4O4. The fourth-order valence-corrected chi connectivity index (χ4v) is 1.98. The van der Waals surface area contributed by atoms with Gasteiger partial charge in [-0.2, -0.15) is 0 Å². The molecule has 2 rings (SSSR count). The van der Waals surface area contributed by atoms with Crippen LogP contribution in [0.1, 0.15) is 16.2 Å². The molecule has 0 saturated heterocycles. The molecule has 0 bridgehead atoms. The van der Waals surface area contributed by atoms with Crippen LogP contribution in [0.2, 0.25) is 0 Å². The van der Waals surface area contributed by atoms with Crippen LogP contribution in [0.25, 0.3) is 0 Å². The van der Waals surface area contributed by atoms with Crippen molar-refractivity contribution < 1.29 is 14.3 Å². The van der Waals surface area contributed by atoms with E-state index in [4.69, 9.17) is 4.74 Å². The second-order valence-electron chi connectivity index (χ2n) is 4.64. The van der Waals surface area contributed by atoms with Gasteiger partial charge in [-0.05, 0) is 6.07 Å². The number of rotatable bonds is 5. The second kappa shape index (κ2) is 6.70. The van der Waals surface area contributed by atoms with E-state index in [9.17, 15) is 14.4 Å². The largest absolute Gasteiger partial charge is 0.467 e. The number of carbonyl (C=O) groups is 2. The number of methoxy groups -OCH3 is 1. The summed E-state index contributed by atoms with van der Waals surface area (Å²) in [5.41, 5.74) is 0.527. The number of ether oxygens (including phenoxy) is 1. The summed E-state index contributed by atoms with van der Waals surface area (Å²) < 4.78 is 5.90. The van der Waals surface area contributed by atoms with Gasteiger partial charge in [0.05, 0.1) is 13.4 Å². The van der Waals surface area contributed by atoms with Gasteiger partial charge in [0, 0.05) is 31.4 Å². The minimum Gasteiger partial charge on any atom is -0.467 e. The van der Waals surface area contributed by atoms with Gasteiger partial charge in [-0.25, -0.2) is 9.78 Å². The van der Waals surface area contributed by atoms with E-state index in [0.29, 0.717) is 5.69 Å². The molecule has 1 amide bonds. The number of esters is 1. The number of nitrogens with zero attached hydrogens (tertiary/aromatic N) is 2. The van der Waals surface area contributed by atoms with Crippen molar-refractivity contribution in [1.29, 1.82) is 0 Å². The van der Waals surface area contributed by atoms with Crippen LogP contribution < -0.4 is 10.9 Å². The van der Waals surface area contributed by atoms with Crippen molar-refractivity contribution in [3.05, 3.63) is 52.5 Å². The van der Waals surface area contributed by atoms with Crippen LogP contribution in [-0.4, -0.2) is 39.6 Å². The molecule has 0 unspecified atom stereocenters. The zero-order chi connectivity index (χ0) is 16.1. The van der Waals surface area contributed by atoms with E-state index in [1.165, 1.54) is 43.3 Å². The van der Waals surface area contributed by atoms with Gasteiger partial charge in [-0.3, -0.25) is 9.59 Å². The summed E-state index contributed by atoms with van der Waals surface area (Å²) in [6.07, 6.45) is 3.24. The SMILES string of the molecule is COC(=O)[C@@H](Cc1cnc[nH]1)NC(=O)c1cccc(=O)n1C.